The molecule has 6 nitrogen and oxygen atoms in total. The number of nitrogens with one attached hydrogen (secondary N) is 1. The SMILES string of the molecule is CC(C)(C)OC(=O)N1CCC2(CC1)CNC(=O)C2CO. The Hall–Kier alpha value is -1.30. The largest absolute Gasteiger partial charge is 0.444 e. The Morgan fingerprint density at radius 2 is 2.05 bits per heavy atom. The Bertz CT molecular complexity index is 394. The van der Waals surface area contributed by atoms with E-state index in [0.717, 1.165) is 12.8 Å². The summed E-state index contributed by atoms with van der Waals surface area (Å²) in [4.78, 5) is 25.4. The van der Waals surface area contributed by atoms with Gasteiger partial charge in [0.15, 0.2) is 0 Å². The van der Waals surface area contributed by atoms with E-state index in [2.05, 4.69) is 5.32 Å². The lowest BCUT2D eigenvalue weighted by Gasteiger charge is -2.41. The molecule has 20 heavy (non-hydrogen) atoms. The Morgan fingerprint density at radius 3 is 2.55 bits per heavy atom. The molecule has 0 aromatic heterocycles. The van der Waals surface area contributed by atoms with Crippen molar-refractivity contribution in [1.82, 2.24) is 10.2 Å². The van der Waals surface area contributed by atoms with E-state index in [0.29, 0.717) is 19.6 Å². The number of rotatable bonds is 1. The smallest absolute Gasteiger partial charge is 0.410 e. The highest BCUT2D eigenvalue weighted by atomic mass is 16.6. The fraction of sp³-hybridized carbons (Fsp3) is 0.857. The minimum Gasteiger partial charge on any atom is -0.444 e. The summed E-state index contributed by atoms with van der Waals surface area (Å²) in [6.45, 7) is 7.14. The van der Waals surface area contributed by atoms with Crippen LogP contribution in [0, 0.1) is 11.3 Å². The Balaban J connectivity index is 1.96. The number of carbonyl (C=O) groups excluding carboxylic acids is 2. The lowest BCUT2D eigenvalue weighted by Crippen LogP contribution is -2.48. The van der Waals surface area contributed by atoms with E-state index in [-0.39, 0.29) is 29.9 Å². The maximum absolute atomic E-state index is 12.0. The number of amides is 2. The highest BCUT2D eigenvalue weighted by molar-refractivity contribution is 5.82. The fourth-order valence-electron chi connectivity index (χ4n) is 3.05. The van der Waals surface area contributed by atoms with E-state index >= 15 is 0 Å². The molecule has 0 radical (unpaired) electrons. The second kappa shape index (κ2) is 5.24. The second-order valence-electron chi connectivity index (χ2n) is 6.78. The zero-order valence-corrected chi connectivity index (χ0v) is 12.4. The van der Waals surface area contributed by atoms with E-state index in [9.17, 15) is 14.7 Å². The number of aliphatic hydroxyl groups excluding tert-OH is 1. The van der Waals surface area contributed by atoms with Crippen LogP contribution in [0.15, 0.2) is 0 Å². The van der Waals surface area contributed by atoms with Gasteiger partial charge >= 0.3 is 6.09 Å². The molecule has 0 bridgehead atoms. The monoisotopic (exact) mass is 284 g/mol. The molecule has 1 spiro atoms. The number of ether oxygens (including phenoxy) is 1. The quantitative estimate of drug-likeness (QED) is 0.744. The van der Waals surface area contributed by atoms with E-state index in [4.69, 9.17) is 4.74 Å². The first-order valence-corrected chi connectivity index (χ1v) is 7.14. The first-order valence-electron chi connectivity index (χ1n) is 7.14. The zero-order valence-electron chi connectivity index (χ0n) is 12.4. The van der Waals surface area contributed by atoms with Crippen LogP contribution in [0.5, 0.6) is 0 Å². The molecular formula is C14H24N2O4. The molecule has 0 aromatic rings. The third-order valence-electron chi connectivity index (χ3n) is 4.26. The first-order chi connectivity index (χ1) is 9.27. The van der Waals surface area contributed by atoms with E-state index in [1.54, 1.807) is 4.90 Å². The van der Waals surface area contributed by atoms with Crippen LogP contribution < -0.4 is 5.32 Å². The Kier molecular flexibility index (Phi) is 3.95. The number of hydrogen-bond acceptors (Lipinski definition) is 4. The molecule has 2 N–H and O–H groups in total. The number of hydrogen-bond donors (Lipinski definition) is 2. The van der Waals surface area contributed by atoms with Gasteiger partial charge in [-0.1, -0.05) is 0 Å². The van der Waals surface area contributed by atoms with Crippen molar-refractivity contribution in [2.24, 2.45) is 11.3 Å². The zero-order chi connectivity index (χ0) is 15.0. The van der Waals surface area contributed by atoms with Gasteiger partial charge in [0.05, 0.1) is 12.5 Å². The number of likely N-dealkylation sites (tertiary alicyclic amines) is 1. The van der Waals surface area contributed by atoms with Crippen LogP contribution in [-0.4, -0.2) is 53.8 Å². The number of aliphatic hydroxyl groups is 1. The summed E-state index contributed by atoms with van der Waals surface area (Å²) >= 11 is 0. The van der Waals surface area contributed by atoms with Gasteiger partial charge in [-0.2, -0.15) is 0 Å². The van der Waals surface area contributed by atoms with Gasteiger partial charge in [-0.05, 0) is 33.6 Å². The molecule has 1 unspecified atom stereocenters. The van der Waals surface area contributed by atoms with Crippen molar-refractivity contribution in [3.05, 3.63) is 0 Å². The lowest BCUT2D eigenvalue weighted by molar-refractivity contribution is -0.126. The summed E-state index contributed by atoms with van der Waals surface area (Å²) < 4.78 is 5.36. The van der Waals surface area contributed by atoms with Gasteiger partial charge in [0.25, 0.3) is 0 Å². The van der Waals surface area contributed by atoms with Gasteiger partial charge in [0.1, 0.15) is 5.60 Å². The average Bonchev–Trinajstić information content (AvgIpc) is 2.65. The standard InChI is InChI=1S/C14H24N2O4/c1-13(2,3)20-12(19)16-6-4-14(5-7-16)9-15-11(18)10(14)8-17/h10,17H,4-9H2,1-3H3,(H,15,18). The predicted octanol–water partition coefficient (Wildman–Crippen LogP) is 0.742. The van der Waals surface area contributed by atoms with Crippen molar-refractivity contribution < 1.29 is 19.4 Å². The van der Waals surface area contributed by atoms with Crippen LogP contribution in [0.4, 0.5) is 4.79 Å². The van der Waals surface area contributed by atoms with E-state index in [1.165, 1.54) is 0 Å². The van der Waals surface area contributed by atoms with Crippen LogP contribution in [-0.2, 0) is 9.53 Å². The van der Waals surface area contributed by atoms with Crippen LogP contribution in [0.3, 0.4) is 0 Å². The maximum atomic E-state index is 12.0. The summed E-state index contributed by atoms with van der Waals surface area (Å²) in [6.07, 6.45) is 1.14. The van der Waals surface area contributed by atoms with Crippen LogP contribution >= 0.6 is 0 Å². The van der Waals surface area contributed by atoms with E-state index in [1.807, 2.05) is 20.8 Å². The summed E-state index contributed by atoms with van der Waals surface area (Å²) in [7, 11) is 0. The molecule has 2 rings (SSSR count). The molecule has 2 amide bonds. The van der Waals surface area contributed by atoms with Gasteiger partial charge in [-0.25, -0.2) is 4.79 Å². The highest BCUT2D eigenvalue weighted by Gasteiger charge is 2.49. The van der Waals surface area contributed by atoms with Crippen molar-refractivity contribution in [3.63, 3.8) is 0 Å². The predicted molar refractivity (Wildman–Crippen MR) is 73.1 cm³/mol. The summed E-state index contributed by atoms with van der Waals surface area (Å²) in [5, 5.41) is 12.2. The minimum absolute atomic E-state index is 0.0711. The van der Waals surface area contributed by atoms with Crippen molar-refractivity contribution in [1.29, 1.82) is 0 Å². The number of carbonyl (C=O) groups is 2. The van der Waals surface area contributed by atoms with Crippen molar-refractivity contribution in [2.75, 3.05) is 26.2 Å². The molecule has 2 aliphatic heterocycles. The van der Waals surface area contributed by atoms with Gasteiger partial charge < -0.3 is 20.1 Å². The van der Waals surface area contributed by atoms with Crippen LogP contribution in [0.2, 0.25) is 0 Å². The molecule has 0 aromatic carbocycles. The molecule has 0 saturated carbocycles. The summed E-state index contributed by atoms with van der Waals surface area (Å²) in [5.41, 5.74) is -0.699. The van der Waals surface area contributed by atoms with Crippen molar-refractivity contribution >= 4 is 12.0 Å². The fourth-order valence-corrected chi connectivity index (χ4v) is 3.05. The molecular weight excluding hydrogens is 260 g/mol. The van der Waals surface area contributed by atoms with Crippen LogP contribution in [0.25, 0.3) is 0 Å². The molecule has 114 valence electrons. The Labute approximate surface area is 119 Å². The van der Waals surface area contributed by atoms with Gasteiger partial charge in [-0.3, -0.25) is 4.79 Å². The molecule has 2 heterocycles. The van der Waals surface area contributed by atoms with Crippen molar-refractivity contribution in [3.8, 4) is 0 Å². The Morgan fingerprint density at radius 1 is 1.45 bits per heavy atom. The van der Waals surface area contributed by atoms with Gasteiger partial charge in [0.2, 0.25) is 5.91 Å². The van der Waals surface area contributed by atoms with Gasteiger partial charge in [0, 0.05) is 25.0 Å². The summed E-state index contributed by atoms with van der Waals surface area (Å²) in [6, 6.07) is 0. The maximum Gasteiger partial charge on any atom is 0.410 e. The highest BCUT2D eigenvalue weighted by Crippen LogP contribution is 2.41. The molecule has 2 saturated heterocycles. The molecule has 2 fully saturated rings. The first kappa shape index (κ1) is 15.1. The molecule has 2 aliphatic rings. The molecule has 6 heteroatoms. The molecule has 0 aliphatic carbocycles. The van der Waals surface area contributed by atoms with Crippen molar-refractivity contribution in [2.45, 2.75) is 39.2 Å². The van der Waals surface area contributed by atoms with E-state index < -0.39 is 5.60 Å². The van der Waals surface area contributed by atoms with Crippen LogP contribution in [0.1, 0.15) is 33.6 Å². The number of nitrogens with zero attached hydrogens (tertiary/aromatic N) is 1. The lowest BCUT2D eigenvalue weighted by atomic mass is 9.71. The average molecular weight is 284 g/mol. The third kappa shape index (κ3) is 2.90. The summed E-state index contributed by atoms with van der Waals surface area (Å²) in [5.74, 6) is -0.415. The topological polar surface area (TPSA) is 78.9 Å². The normalized spacial score (nSPS) is 25.7. The second-order valence-corrected chi connectivity index (χ2v) is 6.78. The minimum atomic E-state index is -0.495. The number of piperidine rings is 1. The third-order valence-corrected chi connectivity index (χ3v) is 4.26. The molecule has 1 atom stereocenters. The van der Waals surface area contributed by atoms with Gasteiger partial charge in [-0.15, -0.1) is 0 Å².